The molecule has 5 N–H and O–H groups in total. The third kappa shape index (κ3) is 15.1. The second-order valence-corrected chi connectivity index (χ2v) is 19.3. The van der Waals surface area contributed by atoms with E-state index in [4.69, 9.17) is 15.5 Å². The first-order chi connectivity index (χ1) is 33.7. The number of hydrogen-bond acceptors (Lipinski definition) is 11. The Kier molecular flexibility index (Phi) is 19.7. The Hall–Kier alpha value is -6.83. The number of imidazole rings is 1. The highest BCUT2D eigenvalue weighted by Gasteiger charge is 2.41. The van der Waals surface area contributed by atoms with Crippen molar-refractivity contribution in [2.24, 2.45) is 17.1 Å². The average molecular weight is 988 g/mol. The molecule has 1 saturated heterocycles. The summed E-state index contributed by atoms with van der Waals surface area (Å²) in [5.74, 6) is -5.63. The summed E-state index contributed by atoms with van der Waals surface area (Å²) in [7, 11) is 0. The number of benzene rings is 2. The summed E-state index contributed by atoms with van der Waals surface area (Å²) in [6.45, 7) is 10.5. The van der Waals surface area contributed by atoms with Crippen molar-refractivity contribution in [3.63, 3.8) is 0 Å². The van der Waals surface area contributed by atoms with Crippen LogP contribution >= 0.6 is 0 Å². The van der Waals surface area contributed by atoms with Gasteiger partial charge in [0.1, 0.15) is 35.6 Å². The van der Waals surface area contributed by atoms with Crippen LogP contribution in [0.5, 0.6) is 0 Å². The van der Waals surface area contributed by atoms with Crippen molar-refractivity contribution < 1.29 is 51.9 Å². The van der Waals surface area contributed by atoms with E-state index >= 15 is 4.39 Å². The largest absolute Gasteiger partial charge is 0.454 e. The number of rotatable bonds is 24. The van der Waals surface area contributed by atoms with Gasteiger partial charge in [-0.3, -0.25) is 38.5 Å². The Balaban J connectivity index is 1.18. The molecular weight excluding hydrogens is 921 g/mol. The molecule has 3 heterocycles. The van der Waals surface area contributed by atoms with E-state index in [2.05, 4.69) is 16.0 Å². The maximum atomic E-state index is 15.2. The number of amides is 7. The molecule has 3 aromatic rings. The summed E-state index contributed by atoms with van der Waals surface area (Å²) in [5.41, 5.74) is 6.24. The number of unbranched alkanes of at least 4 members (excludes halogenated alkanes) is 2. The zero-order chi connectivity index (χ0) is 52.0. The van der Waals surface area contributed by atoms with E-state index in [1.54, 1.807) is 24.6 Å². The number of carbonyl (C=O) groups is 8. The summed E-state index contributed by atoms with van der Waals surface area (Å²) in [5, 5.41) is 7.77. The van der Waals surface area contributed by atoms with Gasteiger partial charge in [-0.25, -0.2) is 18.6 Å². The van der Waals surface area contributed by atoms with E-state index in [0.717, 1.165) is 28.7 Å². The highest BCUT2D eigenvalue weighted by Crippen LogP contribution is 2.40. The summed E-state index contributed by atoms with van der Waals surface area (Å²) >= 11 is 0. The molecule has 1 fully saturated rings. The van der Waals surface area contributed by atoms with Crippen molar-refractivity contribution in [1.82, 2.24) is 40.2 Å². The van der Waals surface area contributed by atoms with Crippen molar-refractivity contribution in [2.45, 2.75) is 117 Å². The van der Waals surface area contributed by atoms with Gasteiger partial charge in [-0.2, -0.15) is 0 Å². The second kappa shape index (κ2) is 25.3. The molecule has 3 unspecified atom stereocenters. The summed E-state index contributed by atoms with van der Waals surface area (Å²) in [6.07, 6.45) is 6.79. The Bertz CT molecular complexity index is 2420. The topological polar surface area (TPSA) is 235 Å². The van der Waals surface area contributed by atoms with Crippen LogP contribution in [0.15, 0.2) is 66.9 Å². The van der Waals surface area contributed by atoms with E-state index in [9.17, 15) is 42.7 Å². The molecule has 7 amide bonds. The molecule has 2 aromatic carbocycles. The number of nitrogens with one attached hydrogen (secondary N) is 3. The van der Waals surface area contributed by atoms with Crippen molar-refractivity contribution in [1.29, 1.82) is 0 Å². The molecule has 0 saturated carbocycles. The first kappa shape index (κ1) is 55.1. The predicted molar refractivity (Wildman–Crippen MR) is 258 cm³/mol. The van der Waals surface area contributed by atoms with Crippen LogP contribution in [0.4, 0.5) is 8.78 Å². The summed E-state index contributed by atoms with van der Waals surface area (Å²) in [4.78, 5) is 113. The first-order valence-electron chi connectivity index (χ1n) is 24.1. The molecule has 2 aliphatic rings. The van der Waals surface area contributed by atoms with Crippen molar-refractivity contribution >= 4 is 47.3 Å². The van der Waals surface area contributed by atoms with Gasteiger partial charge < -0.3 is 40.8 Å². The molecule has 5 rings (SSSR count). The highest BCUT2D eigenvalue weighted by molar-refractivity contribution is 6.12. The first-order valence-corrected chi connectivity index (χ1v) is 24.1. The Morgan fingerprint density at radius 2 is 1.62 bits per heavy atom. The number of ether oxygens (including phenoxy) is 1. The van der Waals surface area contributed by atoms with Gasteiger partial charge in [0, 0.05) is 56.5 Å². The maximum Gasteiger partial charge on any atom is 0.329 e. The fourth-order valence-corrected chi connectivity index (χ4v) is 8.66. The Morgan fingerprint density at radius 3 is 2.28 bits per heavy atom. The van der Waals surface area contributed by atoms with Crippen LogP contribution in [0.2, 0.25) is 0 Å². The highest BCUT2D eigenvalue weighted by atomic mass is 19.1. The van der Waals surface area contributed by atoms with Crippen molar-refractivity contribution in [3.8, 4) is 11.3 Å². The van der Waals surface area contributed by atoms with E-state index in [0.29, 0.717) is 37.9 Å². The molecule has 384 valence electrons. The molecular formula is C51H67F2N9O9. The normalized spacial score (nSPS) is 15.9. The van der Waals surface area contributed by atoms with Crippen LogP contribution in [0.25, 0.3) is 11.3 Å². The molecule has 0 bridgehead atoms. The van der Waals surface area contributed by atoms with Gasteiger partial charge in [-0.1, -0.05) is 71.4 Å². The smallest absolute Gasteiger partial charge is 0.329 e. The van der Waals surface area contributed by atoms with Gasteiger partial charge in [-0.15, -0.1) is 0 Å². The Labute approximate surface area is 413 Å². The monoisotopic (exact) mass is 988 g/mol. The van der Waals surface area contributed by atoms with Gasteiger partial charge in [0.25, 0.3) is 17.7 Å². The molecule has 4 atom stereocenters. The number of nitrogens with two attached hydrogens (primary N) is 1. The fraction of sp³-hybridized carbons (Fsp3) is 0.510. The van der Waals surface area contributed by atoms with E-state index < -0.39 is 84.0 Å². The number of hydrogen-bond donors (Lipinski definition) is 4. The van der Waals surface area contributed by atoms with Crippen LogP contribution in [-0.2, 0) is 49.6 Å². The van der Waals surface area contributed by atoms with Crippen LogP contribution < -0.4 is 21.7 Å². The van der Waals surface area contributed by atoms with Crippen molar-refractivity contribution in [3.05, 3.63) is 89.9 Å². The zero-order valence-electron chi connectivity index (χ0n) is 41.4. The fourth-order valence-electron chi connectivity index (χ4n) is 8.66. The van der Waals surface area contributed by atoms with Crippen LogP contribution in [0.3, 0.4) is 0 Å². The predicted octanol–water partition coefficient (Wildman–Crippen LogP) is 3.92. The lowest BCUT2D eigenvalue weighted by Gasteiger charge is -2.40. The minimum Gasteiger partial charge on any atom is -0.454 e. The lowest BCUT2D eigenvalue weighted by molar-refractivity contribution is -0.160. The lowest BCUT2D eigenvalue weighted by Crippen LogP contribution is -2.54. The van der Waals surface area contributed by atoms with E-state index in [1.807, 2.05) is 51.1 Å². The second-order valence-electron chi connectivity index (χ2n) is 19.3. The van der Waals surface area contributed by atoms with Gasteiger partial charge in [0.05, 0.1) is 18.3 Å². The molecule has 0 radical (unpaired) electrons. The molecule has 0 spiro atoms. The van der Waals surface area contributed by atoms with Crippen molar-refractivity contribution in [2.75, 3.05) is 39.3 Å². The van der Waals surface area contributed by atoms with Gasteiger partial charge in [-0.05, 0) is 80.7 Å². The molecule has 1 aromatic heterocycles. The molecule has 0 aliphatic carbocycles. The number of likely N-dealkylation sites (tertiary alicyclic amines) is 1. The number of halogens is 2. The molecule has 18 nitrogen and oxygen atoms in total. The van der Waals surface area contributed by atoms with E-state index in [-0.39, 0.29) is 80.5 Å². The lowest BCUT2D eigenvalue weighted by atomic mass is 9.84. The van der Waals surface area contributed by atoms with Crippen LogP contribution in [-0.4, -0.2) is 129 Å². The van der Waals surface area contributed by atoms with Gasteiger partial charge in [0.15, 0.2) is 6.61 Å². The quantitative estimate of drug-likeness (QED) is 0.0571. The minimum absolute atomic E-state index is 0.0534. The zero-order valence-corrected chi connectivity index (χ0v) is 41.4. The Morgan fingerprint density at radius 1 is 0.915 bits per heavy atom. The number of aromatic nitrogens is 2. The molecule has 20 heteroatoms. The van der Waals surface area contributed by atoms with Gasteiger partial charge in [0.2, 0.25) is 23.6 Å². The van der Waals surface area contributed by atoms with Crippen LogP contribution in [0.1, 0.15) is 104 Å². The minimum atomic E-state index is -1.11. The summed E-state index contributed by atoms with van der Waals surface area (Å²) < 4.78 is 37.1. The third-order valence-corrected chi connectivity index (χ3v) is 12.3. The van der Waals surface area contributed by atoms with Gasteiger partial charge >= 0.3 is 5.97 Å². The SMILES string of the molecule is CC(C)C(NC(=O)CCCCCN1C(=O)C=CC1=O)C(=O)NCC(=O)N[C@H](C)C(=O)N1CCCC1C(=O)OCC(=O)N(CCCN)C(c1nc(-c2cc(F)ccc2F)cn1Cc1ccccc1)C(C)(C)C. The number of esters is 1. The number of nitrogens with zero attached hydrogens (tertiary/aromatic N) is 5. The number of imide groups is 1. The standard InChI is InChI=1S/C51H67F2N9O9/c1-32(2)45(58-40(63)18-11-8-12-24-61-42(65)21-22-43(61)66)48(68)55-28-41(64)56-33(3)49(69)60-25-13-17-39(60)50(70)71-31-44(67)62(26-14-23-54)46(51(4,5)6)47-57-38(36-27-35(52)19-20-37(36)53)30-59(47)29-34-15-9-7-10-16-34/h7,9-10,15-16,19-22,27,30,32-33,39,45-46H,8,11-14,17-18,23-26,28-29,31,54H2,1-6H3,(H,55,68)(H,56,64)(H,58,63)/t33-,39?,45?,46?/m1/s1. The average Bonchev–Trinajstić information content (AvgIpc) is 4.06. The molecule has 71 heavy (non-hydrogen) atoms. The van der Waals surface area contributed by atoms with E-state index in [1.165, 1.54) is 28.9 Å². The van der Waals surface area contributed by atoms with Crippen LogP contribution in [0, 0.1) is 23.0 Å². The number of carbonyl (C=O) groups excluding carboxylic acids is 8. The maximum absolute atomic E-state index is 15.2. The molecule has 2 aliphatic heterocycles. The third-order valence-electron chi connectivity index (χ3n) is 12.3. The summed E-state index contributed by atoms with van der Waals surface area (Å²) in [6, 6.07) is 8.66.